The van der Waals surface area contributed by atoms with Crippen LogP contribution in [0.4, 0.5) is 4.79 Å². The highest BCUT2D eigenvalue weighted by molar-refractivity contribution is 5.76. The van der Waals surface area contributed by atoms with Gasteiger partial charge >= 0.3 is 6.09 Å². The maximum absolute atomic E-state index is 12.2. The van der Waals surface area contributed by atoms with Crippen molar-refractivity contribution in [2.45, 2.75) is 50.5 Å². The zero-order chi connectivity index (χ0) is 22.9. The van der Waals surface area contributed by atoms with Gasteiger partial charge in [-0.05, 0) is 49.9 Å². The Morgan fingerprint density at radius 3 is 2.74 bits per heavy atom. The standard InChI is InChI=1S/C25H25N5O4/c31-25(34-23-6-3-13-32-23)27-18-11-12-19(14-18)30-21(15-26-29-30)16-7-9-17(10-8-16)24-28-20-4-1-2-5-22(20)33-24/h1-2,4-5,7-10,15,18-19,23H,3,6,11-14H2,(H,27,31)/t18-,19+,23+/m0/s1. The van der Waals surface area contributed by atoms with E-state index in [1.54, 1.807) is 6.20 Å². The van der Waals surface area contributed by atoms with E-state index in [0.717, 1.165) is 60.0 Å². The largest absolute Gasteiger partial charge is 0.436 e. The van der Waals surface area contributed by atoms with E-state index in [2.05, 4.69) is 20.6 Å². The van der Waals surface area contributed by atoms with Crippen LogP contribution in [0.15, 0.2) is 59.1 Å². The van der Waals surface area contributed by atoms with Gasteiger partial charge in [-0.3, -0.25) is 0 Å². The molecule has 34 heavy (non-hydrogen) atoms. The molecular formula is C25H25N5O4. The number of nitrogens with zero attached hydrogens (tertiary/aromatic N) is 4. The number of para-hydroxylation sites is 2. The first kappa shape index (κ1) is 20.9. The molecule has 2 aromatic heterocycles. The van der Waals surface area contributed by atoms with Gasteiger partial charge in [-0.25, -0.2) is 14.5 Å². The molecule has 0 spiro atoms. The summed E-state index contributed by atoms with van der Waals surface area (Å²) in [6.07, 6.45) is 5.17. The molecule has 2 aliphatic rings. The van der Waals surface area contributed by atoms with Crippen molar-refractivity contribution in [1.82, 2.24) is 25.3 Å². The summed E-state index contributed by atoms with van der Waals surface area (Å²) in [4.78, 5) is 16.8. The molecule has 1 amide bonds. The Morgan fingerprint density at radius 1 is 1.06 bits per heavy atom. The summed E-state index contributed by atoms with van der Waals surface area (Å²) < 4.78 is 18.5. The number of fused-ring (bicyclic) bond motifs is 1. The SMILES string of the molecule is O=C(N[C@H]1CC[C@@H](n2nncc2-c2ccc(-c3nc4ccccc4o3)cc2)C1)O[C@@H]1CCCO1. The van der Waals surface area contributed by atoms with Crippen molar-refractivity contribution < 1.29 is 18.7 Å². The highest BCUT2D eigenvalue weighted by atomic mass is 16.7. The average molecular weight is 460 g/mol. The van der Waals surface area contributed by atoms with Gasteiger partial charge in [-0.1, -0.05) is 29.5 Å². The summed E-state index contributed by atoms with van der Waals surface area (Å²) in [6, 6.07) is 16.0. The second-order valence-electron chi connectivity index (χ2n) is 8.78. The Bertz CT molecular complexity index is 1260. The van der Waals surface area contributed by atoms with Gasteiger partial charge in [0, 0.05) is 23.6 Å². The zero-order valence-corrected chi connectivity index (χ0v) is 18.6. The van der Waals surface area contributed by atoms with Crippen LogP contribution in [0, 0.1) is 0 Å². The van der Waals surface area contributed by atoms with Crippen LogP contribution in [0.2, 0.25) is 0 Å². The second-order valence-corrected chi connectivity index (χ2v) is 8.78. The summed E-state index contributed by atoms with van der Waals surface area (Å²) in [5, 5.41) is 11.5. The Kier molecular flexibility index (Phi) is 5.46. The Morgan fingerprint density at radius 2 is 1.91 bits per heavy atom. The quantitative estimate of drug-likeness (QED) is 0.461. The maximum Gasteiger partial charge on any atom is 0.409 e. The van der Waals surface area contributed by atoms with Crippen molar-refractivity contribution in [3.8, 4) is 22.7 Å². The summed E-state index contributed by atoms with van der Waals surface area (Å²) in [6.45, 7) is 0.647. The van der Waals surface area contributed by atoms with E-state index in [-0.39, 0.29) is 12.1 Å². The molecule has 0 radical (unpaired) electrons. The molecule has 1 aliphatic heterocycles. The van der Waals surface area contributed by atoms with E-state index in [1.165, 1.54) is 0 Å². The first-order valence-corrected chi connectivity index (χ1v) is 11.7. The van der Waals surface area contributed by atoms with Crippen molar-refractivity contribution in [2.24, 2.45) is 0 Å². The van der Waals surface area contributed by atoms with Crippen LogP contribution >= 0.6 is 0 Å². The van der Waals surface area contributed by atoms with Gasteiger partial charge in [0.2, 0.25) is 12.2 Å². The molecule has 0 unspecified atom stereocenters. The average Bonchev–Trinajstić information content (AvgIpc) is 3.65. The van der Waals surface area contributed by atoms with Crippen LogP contribution in [0.5, 0.6) is 0 Å². The Balaban J connectivity index is 1.13. The highest BCUT2D eigenvalue weighted by Gasteiger charge is 2.30. The van der Waals surface area contributed by atoms with Gasteiger partial charge in [0.15, 0.2) is 5.58 Å². The fraction of sp³-hybridized carbons (Fsp3) is 0.360. The first-order chi connectivity index (χ1) is 16.7. The number of hydrogen-bond donors (Lipinski definition) is 1. The molecular weight excluding hydrogens is 434 g/mol. The van der Waals surface area contributed by atoms with Crippen molar-refractivity contribution >= 4 is 17.2 Å². The lowest BCUT2D eigenvalue weighted by Gasteiger charge is -2.17. The van der Waals surface area contributed by atoms with Gasteiger partial charge in [0.25, 0.3) is 0 Å². The first-order valence-electron chi connectivity index (χ1n) is 11.7. The minimum absolute atomic E-state index is 0.0393. The van der Waals surface area contributed by atoms with E-state index >= 15 is 0 Å². The monoisotopic (exact) mass is 459 g/mol. The number of nitrogens with one attached hydrogen (secondary N) is 1. The van der Waals surface area contributed by atoms with Gasteiger partial charge in [0.1, 0.15) is 5.52 Å². The Labute approximate surface area is 196 Å². The molecule has 3 atom stereocenters. The molecule has 1 N–H and O–H groups in total. The normalized spacial score (nSPS) is 22.3. The van der Waals surface area contributed by atoms with E-state index in [4.69, 9.17) is 13.9 Å². The maximum atomic E-state index is 12.2. The van der Waals surface area contributed by atoms with Gasteiger partial charge < -0.3 is 19.2 Å². The molecule has 6 rings (SSSR count). The van der Waals surface area contributed by atoms with E-state index in [9.17, 15) is 4.79 Å². The smallest absolute Gasteiger partial charge is 0.409 e. The summed E-state index contributed by atoms with van der Waals surface area (Å²) >= 11 is 0. The summed E-state index contributed by atoms with van der Waals surface area (Å²) in [5.41, 5.74) is 4.48. The number of carbonyl (C=O) groups is 1. The van der Waals surface area contributed by atoms with Crippen LogP contribution in [0.1, 0.15) is 38.1 Å². The summed E-state index contributed by atoms with van der Waals surface area (Å²) in [5.74, 6) is 0.596. The van der Waals surface area contributed by atoms with Crippen molar-refractivity contribution in [2.75, 3.05) is 6.61 Å². The predicted molar refractivity (Wildman–Crippen MR) is 124 cm³/mol. The van der Waals surface area contributed by atoms with Crippen molar-refractivity contribution in [1.29, 1.82) is 0 Å². The lowest BCUT2D eigenvalue weighted by atomic mass is 10.1. The number of oxazole rings is 1. The number of ether oxygens (including phenoxy) is 2. The van der Waals surface area contributed by atoms with Gasteiger partial charge in [-0.15, -0.1) is 5.10 Å². The molecule has 174 valence electrons. The molecule has 0 bridgehead atoms. The number of rotatable bonds is 5. The third-order valence-corrected chi connectivity index (χ3v) is 6.50. The van der Waals surface area contributed by atoms with E-state index in [1.807, 2.05) is 53.2 Å². The highest BCUT2D eigenvalue weighted by Crippen LogP contribution is 2.34. The lowest BCUT2D eigenvalue weighted by molar-refractivity contribution is -0.0685. The number of carbonyl (C=O) groups excluding carboxylic acids is 1. The minimum atomic E-state index is -0.420. The molecule has 2 aromatic carbocycles. The third-order valence-electron chi connectivity index (χ3n) is 6.50. The van der Waals surface area contributed by atoms with Crippen LogP contribution in [0.3, 0.4) is 0 Å². The van der Waals surface area contributed by atoms with E-state index < -0.39 is 12.4 Å². The number of aromatic nitrogens is 4. The topological polar surface area (TPSA) is 104 Å². The number of alkyl carbamates (subject to hydrolysis) is 1. The zero-order valence-electron chi connectivity index (χ0n) is 18.6. The molecule has 3 heterocycles. The second kappa shape index (κ2) is 8.90. The molecule has 9 nitrogen and oxygen atoms in total. The van der Waals surface area contributed by atoms with Crippen molar-refractivity contribution in [3.05, 3.63) is 54.7 Å². The number of hydrogen-bond acceptors (Lipinski definition) is 7. The minimum Gasteiger partial charge on any atom is -0.436 e. The predicted octanol–water partition coefficient (Wildman–Crippen LogP) is 4.71. The van der Waals surface area contributed by atoms with Crippen LogP contribution < -0.4 is 5.32 Å². The number of amides is 1. The molecule has 9 heteroatoms. The lowest BCUT2D eigenvalue weighted by Crippen LogP contribution is -2.35. The van der Waals surface area contributed by atoms with Gasteiger partial charge in [0.05, 0.1) is 24.5 Å². The third kappa shape index (κ3) is 4.14. The van der Waals surface area contributed by atoms with Crippen LogP contribution in [0.25, 0.3) is 33.8 Å². The molecule has 1 saturated carbocycles. The molecule has 2 fully saturated rings. The van der Waals surface area contributed by atoms with Crippen molar-refractivity contribution in [3.63, 3.8) is 0 Å². The molecule has 4 aromatic rings. The fourth-order valence-electron chi connectivity index (χ4n) is 4.77. The number of benzene rings is 2. The van der Waals surface area contributed by atoms with E-state index in [0.29, 0.717) is 12.5 Å². The summed E-state index contributed by atoms with van der Waals surface area (Å²) in [7, 11) is 0. The molecule has 1 aliphatic carbocycles. The Hall–Kier alpha value is -3.72. The van der Waals surface area contributed by atoms with Crippen LogP contribution in [-0.4, -0.2) is 45.0 Å². The van der Waals surface area contributed by atoms with Crippen LogP contribution in [-0.2, 0) is 9.47 Å². The molecule has 1 saturated heterocycles. The van der Waals surface area contributed by atoms with Gasteiger partial charge in [-0.2, -0.15) is 0 Å². The fourth-order valence-corrected chi connectivity index (χ4v) is 4.77.